The number of benzene rings is 1. The highest BCUT2D eigenvalue weighted by atomic mass is 35.5. The average Bonchev–Trinajstić information content (AvgIpc) is 2.45. The Kier molecular flexibility index (Phi) is 2.73. The van der Waals surface area contributed by atoms with Crippen molar-refractivity contribution >= 4 is 34.9 Å². The van der Waals surface area contributed by atoms with E-state index in [9.17, 15) is 4.79 Å². The highest BCUT2D eigenvalue weighted by Crippen LogP contribution is 2.28. The van der Waals surface area contributed by atoms with Crippen molar-refractivity contribution in [1.82, 2.24) is 10.7 Å². The van der Waals surface area contributed by atoms with Crippen LogP contribution in [0.3, 0.4) is 0 Å². The smallest absolute Gasteiger partial charge is 0.320 e. The van der Waals surface area contributed by atoms with Crippen LogP contribution >= 0.6 is 23.2 Å². The van der Waals surface area contributed by atoms with Crippen LogP contribution in [0.1, 0.15) is 6.92 Å². The van der Waals surface area contributed by atoms with Crippen LogP contribution in [0.4, 0.5) is 10.5 Å². The summed E-state index contributed by atoms with van der Waals surface area (Å²) in [4.78, 5) is 11.5. The molecule has 80 valence electrons. The Hall–Kier alpha value is -0.970. The van der Waals surface area contributed by atoms with Crippen LogP contribution in [0.25, 0.3) is 0 Å². The number of carbonyl (C=O) groups is 1. The minimum atomic E-state index is -0.230. The largest absolute Gasteiger partial charge is 0.337 e. The molecule has 2 N–H and O–H groups in total. The van der Waals surface area contributed by atoms with Crippen LogP contribution in [0.15, 0.2) is 18.2 Å². The molecule has 0 bridgehead atoms. The normalized spacial score (nSPS) is 20.6. The van der Waals surface area contributed by atoms with Gasteiger partial charge in [0.05, 0.1) is 16.9 Å². The number of anilines is 1. The van der Waals surface area contributed by atoms with Crippen molar-refractivity contribution in [3.8, 4) is 0 Å². The summed E-state index contributed by atoms with van der Waals surface area (Å²) in [7, 11) is 0. The van der Waals surface area contributed by atoms with Gasteiger partial charge >= 0.3 is 6.03 Å². The summed E-state index contributed by atoms with van der Waals surface area (Å²) in [5.74, 6) is 0. The minimum Gasteiger partial charge on any atom is -0.320 e. The second kappa shape index (κ2) is 3.89. The Balaban J connectivity index is 2.34. The molecule has 4 nitrogen and oxygen atoms in total. The van der Waals surface area contributed by atoms with Gasteiger partial charge < -0.3 is 5.32 Å². The van der Waals surface area contributed by atoms with Gasteiger partial charge in [-0.15, -0.1) is 0 Å². The van der Waals surface area contributed by atoms with E-state index in [2.05, 4.69) is 10.7 Å². The van der Waals surface area contributed by atoms with Crippen molar-refractivity contribution in [3.63, 3.8) is 0 Å². The number of hydrogen-bond donors (Lipinski definition) is 2. The number of rotatable bonds is 1. The number of nitrogens with zero attached hydrogens (tertiary/aromatic N) is 1. The molecule has 6 heteroatoms. The molecule has 1 fully saturated rings. The number of amides is 2. The molecular weight excluding hydrogens is 237 g/mol. The van der Waals surface area contributed by atoms with Gasteiger partial charge in [-0.1, -0.05) is 23.2 Å². The quantitative estimate of drug-likeness (QED) is 0.798. The SMILES string of the molecule is CC1NC(=O)N(c2ccc(Cl)cc2Cl)N1. The van der Waals surface area contributed by atoms with E-state index in [1.54, 1.807) is 18.2 Å². The van der Waals surface area contributed by atoms with Crippen LogP contribution in [-0.4, -0.2) is 12.2 Å². The van der Waals surface area contributed by atoms with Crippen molar-refractivity contribution in [1.29, 1.82) is 0 Å². The van der Waals surface area contributed by atoms with Gasteiger partial charge in [-0.25, -0.2) is 15.2 Å². The molecule has 2 rings (SSSR count). The van der Waals surface area contributed by atoms with Crippen molar-refractivity contribution in [2.45, 2.75) is 13.1 Å². The van der Waals surface area contributed by atoms with Gasteiger partial charge in [-0.3, -0.25) is 0 Å². The Morgan fingerprint density at radius 1 is 1.40 bits per heavy atom. The summed E-state index contributed by atoms with van der Waals surface area (Å²) in [6.07, 6.45) is -0.107. The number of halogens is 2. The number of carbonyl (C=O) groups excluding carboxylic acids is 1. The van der Waals surface area contributed by atoms with E-state index >= 15 is 0 Å². The summed E-state index contributed by atoms with van der Waals surface area (Å²) in [6.45, 7) is 1.84. The molecule has 1 saturated heterocycles. The van der Waals surface area contributed by atoms with Gasteiger partial charge in [-0.2, -0.15) is 0 Å². The topological polar surface area (TPSA) is 44.4 Å². The second-order valence-electron chi connectivity index (χ2n) is 3.23. The van der Waals surface area contributed by atoms with Gasteiger partial charge in [-0.05, 0) is 25.1 Å². The average molecular weight is 246 g/mol. The Morgan fingerprint density at radius 3 is 2.67 bits per heavy atom. The molecule has 1 heterocycles. The fraction of sp³-hybridized carbons (Fsp3) is 0.222. The zero-order valence-corrected chi connectivity index (χ0v) is 9.43. The van der Waals surface area contributed by atoms with Gasteiger partial charge in [0.25, 0.3) is 0 Å². The van der Waals surface area contributed by atoms with E-state index in [1.807, 2.05) is 6.92 Å². The maximum atomic E-state index is 11.5. The summed E-state index contributed by atoms with van der Waals surface area (Å²) >= 11 is 11.7. The van der Waals surface area contributed by atoms with E-state index in [4.69, 9.17) is 23.2 Å². The molecule has 1 atom stereocenters. The predicted molar refractivity (Wildman–Crippen MR) is 60.1 cm³/mol. The van der Waals surface area contributed by atoms with Gasteiger partial charge in [0.15, 0.2) is 0 Å². The number of hydrazine groups is 1. The lowest BCUT2D eigenvalue weighted by atomic mass is 10.3. The van der Waals surface area contributed by atoms with Crippen molar-refractivity contribution in [2.24, 2.45) is 0 Å². The molecular formula is C9H9Cl2N3O. The van der Waals surface area contributed by atoms with Gasteiger partial charge in [0, 0.05) is 5.02 Å². The van der Waals surface area contributed by atoms with Gasteiger partial charge in [0.2, 0.25) is 0 Å². The van der Waals surface area contributed by atoms with Crippen molar-refractivity contribution in [3.05, 3.63) is 28.2 Å². The van der Waals surface area contributed by atoms with E-state index in [0.717, 1.165) is 0 Å². The molecule has 0 radical (unpaired) electrons. The highest BCUT2D eigenvalue weighted by Gasteiger charge is 2.27. The van der Waals surface area contributed by atoms with Crippen LogP contribution in [0.2, 0.25) is 10.0 Å². The summed E-state index contributed by atoms with van der Waals surface area (Å²) in [5.41, 5.74) is 3.51. The number of hydrogen-bond acceptors (Lipinski definition) is 2. The standard InChI is InChI=1S/C9H9Cl2N3O/c1-5-12-9(15)14(13-5)8-3-2-6(10)4-7(8)11/h2-5,13H,1H3,(H,12,15). The lowest BCUT2D eigenvalue weighted by Gasteiger charge is -2.16. The first-order valence-electron chi connectivity index (χ1n) is 4.40. The first kappa shape index (κ1) is 10.5. The Bertz CT molecular complexity index is 410. The van der Waals surface area contributed by atoms with Gasteiger partial charge in [0.1, 0.15) is 0 Å². The molecule has 2 amide bonds. The number of urea groups is 1. The monoisotopic (exact) mass is 245 g/mol. The molecule has 1 unspecified atom stereocenters. The molecule has 0 aromatic heterocycles. The lowest BCUT2D eigenvalue weighted by molar-refractivity contribution is 0.251. The third-order valence-corrected chi connectivity index (χ3v) is 2.55. The molecule has 15 heavy (non-hydrogen) atoms. The Morgan fingerprint density at radius 2 is 2.13 bits per heavy atom. The van der Waals surface area contributed by atoms with E-state index < -0.39 is 0 Å². The van der Waals surface area contributed by atoms with E-state index in [1.165, 1.54) is 5.01 Å². The minimum absolute atomic E-state index is 0.107. The van der Waals surface area contributed by atoms with E-state index in [0.29, 0.717) is 15.7 Å². The fourth-order valence-electron chi connectivity index (χ4n) is 1.38. The predicted octanol–water partition coefficient (Wildman–Crippen LogP) is 2.37. The number of nitrogens with one attached hydrogen (secondary N) is 2. The van der Waals surface area contributed by atoms with Crippen molar-refractivity contribution < 1.29 is 4.79 Å². The van der Waals surface area contributed by atoms with Crippen LogP contribution in [0.5, 0.6) is 0 Å². The van der Waals surface area contributed by atoms with Crippen molar-refractivity contribution in [2.75, 3.05) is 5.01 Å². The first-order valence-corrected chi connectivity index (χ1v) is 5.15. The van der Waals surface area contributed by atoms with Crippen LogP contribution in [0, 0.1) is 0 Å². The lowest BCUT2D eigenvalue weighted by Crippen LogP contribution is -2.36. The molecule has 0 saturated carbocycles. The Labute approximate surface area is 97.1 Å². The maximum absolute atomic E-state index is 11.5. The zero-order chi connectivity index (χ0) is 11.0. The molecule has 1 aromatic rings. The maximum Gasteiger partial charge on any atom is 0.337 e. The van der Waals surface area contributed by atoms with Crippen LogP contribution in [-0.2, 0) is 0 Å². The summed E-state index contributed by atoms with van der Waals surface area (Å²) in [6, 6.07) is 4.73. The molecule has 1 aliphatic rings. The highest BCUT2D eigenvalue weighted by molar-refractivity contribution is 6.36. The third kappa shape index (κ3) is 2.02. The summed E-state index contributed by atoms with van der Waals surface area (Å²) < 4.78 is 0. The second-order valence-corrected chi connectivity index (χ2v) is 4.08. The molecule has 1 aromatic carbocycles. The third-order valence-electron chi connectivity index (χ3n) is 2.02. The molecule has 1 aliphatic heterocycles. The van der Waals surface area contributed by atoms with E-state index in [-0.39, 0.29) is 12.2 Å². The molecule has 0 spiro atoms. The van der Waals surface area contributed by atoms with Crippen LogP contribution < -0.4 is 15.8 Å². The fourth-order valence-corrected chi connectivity index (χ4v) is 1.87. The molecule has 0 aliphatic carbocycles. The first-order chi connectivity index (χ1) is 7.08. The summed E-state index contributed by atoms with van der Waals surface area (Å²) in [5, 5.41) is 5.02. The zero-order valence-electron chi connectivity index (χ0n) is 7.92.